The van der Waals surface area contributed by atoms with Crippen LogP contribution in [0.3, 0.4) is 0 Å². The second kappa shape index (κ2) is 5.52. The molecule has 1 unspecified atom stereocenters. The highest BCUT2D eigenvalue weighted by molar-refractivity contribution is 5.95. The third-order valence-electron chi connectivity index (χ3n) is 3.41. The number of nitrogens with one attached hydrogen (secondary N) is 1. The van der Waals surface area contributed by atoms with E-state index in [2.05, 4.69) is 10.4 Å². The number of hydrogen-bond acceptors (Lipinski definition) is 4. The SMILES string of the molecule is CC(N(C)C(=O)c1ccnc(NN)c1F)C(C)(C)C. The summed E-state index contributed by atoms with van der Waals surface area (Å²) in [7, 11) is 1.66. The van der Waals surface area contributed by atoms with Gasteiger partial charge in [0.25, 0.3) is 5.91 Å². The Labute approximate surface area is 113 Å². The Kier molecular flexibility index (Phi) is 4.47. The lowest BCUT2D eigenvalue weighted by molar-refractivity contribution is 0.0624. The maximum atomic E-state index is 14.0. The molecule has 3 N–H and O–H groups in total. The highest BCUT2D eigenvalue weighted by atomic mass is 19.1. The van der Waals surface area contributed by atoms with Crippen LogP contribution >= 0.6 is 0 Å². The Bertz CT molecular complexity index is 470. The Morgan fingerprint density at radius 2 is 2.11 bits per heavy atom. The predicted molar refractivity (Wildman–Crippen MR) is 73.0 cm³/mol. The smallest absolute Gasteiger partial charge is 0.257 e. The van der Waals surface area contributed by atoms with Gasteiger partial charge >= 0.3 is 0 Å². The first-order chi connectivity index (χ1) is 8.70. The lowest BCUT2D eigenvalue weighted by Gasteiger charge is -2.35. The molecule has 0 saturated heterocycles. The van der Waals surface area contributed by atoms with Crippen LogP contribution in [0.2, 0.25) is 0 Å². The first-order valence-electron chi connectivity index (χ1n) is 6.08. The first kappa shape index (κ1) is 15.4. The molecule has 0 aliphatic rings. The summed E-state index contributed by atoms with van der Waals surface area (Å²) in [6.07, 6.45) is 1.35. The number of pyridine rings is 1. The summed E-state index contributed by atoms with van der Waals surface area (Å²) in [4.78, 5) is 17.5. The van der Waals surface area contributed by atoms with Gasteiger partial charge in [-0.05, 0) is 18.4 Å². The van der Waals surface area contributed by atoms with Gasteiger partial charge in [0.2, 0.25) is 0 Å². The van der Waals surface area contributed by atoms with Crippen LogP contribution in [-0.2, 0) is 0 Å². The van der Waals surface area contributed by atoms with Crippen LogP contribution in [0.1, 0.15) is 38.1 Å². The van der Waals surface area contributed by atoms with Gasteiger partial charge < -0.3 is 10.3 Å². The molecule has 1 aromatic heterocycles. The molecule has 0 saturated carbocycles. The molecule has 0 radical (unpaired) electrons. The topological polar surface area (TPSA) is 71.2 Å². The van der Waals surface area contributed by atoms with Crippen LogP contribution in [0.15, 0.2) is 12.3 Å². The van der Waals surface area contributed by atoms with Gasteiger partial charge in [-0.1, -0.05) is 20.8 Å². The minimum absolute atomic E-state index is 0.0400. The third-order valence-corrected chi connectivity index (χ3v) is 3.41. The van der Waals surface area contributed by atoms with Crippen molar-refractivity contribution in [2.75, 3.05) is 12.5 Å². The number of amides is 1. The summed E-state index contributed by atoms with van der Waals surface area (Å²) >= 11 is 0. The molecule has 1 aromatic rings. The normalized spacial score (nSPS) is 13.0. The Balaban J connectivity index is 3.08. The summed E-state index contributed by atoms with van der Waals surface area (Å²) in [6, 6.07) is 1.31. The van der Waals surface area contributed by atoms with Crippen molar-refractivity contribution in [3.05, 3.63) is 23.6 Å². The van der Waals surface area contributed by atoms with Crippen LogP contribution in [0.25, 0.3) is 0 Å². The number of halogens is 1. The van der Waals surface area contributed by atoms with E-state index in [4.69, 9.17) is 5.84 Å². The molecule has 1 rings (SSSR count). The largest absolute Gasteiger partial charge is 0.338 e. The average molecular weight is 268 g/mol. The monoisotopic (exact) mass is 268 g/mol. The van der Waals surface area contributed by atoms with Crippen LogP contribution in [0.4, 0.5) is 10.2 Å². The number of nitrogen functional groups attached to an aromatic ring is 1. The average Bonchev–Trinajstić information content (AvgIpc) is 2.35. The van der Waals surface area contributed by atoms with E-state index in [0.717, 1.165) is 0 Å². The highest BCUT2D eigenvalue weighted by Gasteiger charge is 2.29. The minimum Gasteiger partial charge on any atom is -0.338 e. The first-order valence-corrected chi connectivity index (χ1v) is 6.08. The zero-order chi connectivity index (χ0) is 14.8. The summed E-state index contributed by atoms with van der Waals surface area (Å²) in [5.74, 6) is 3.89. The van der Waals surface area contributed by atoms with Crippen molar-refractivity contribution < 1.29 is 9.18 Å². The molecule has 5 nitrogen and oxygen atoms in total. The highest BCUT2D eigenvalue weighted by Crippen LogP contribution is 2.25. The third kappa shape index (κ3) is 3.20. The fraction of sp³-hybridized carbons (Fsp3) is 0.538. The zero-order valence-corrected chi connectivity index (χ0v) is 12.0. The van der Waals surface area contributed by atoms with Crippen molar-refractivity contribution in [1.82, 2.24) is 9.88 Å². The van der Waals surface area contributed by atoms with Crippen molar-refractivity contribution in [3.63, 3.8) is 0 Å². The Morgan fingerprint density at radius 1 is 1.53 bits per heavy atom. The fourth-order valence-electron chi connectivity index (χ4n) is 1.66. The van der Waals surface area contributed by atoms with Gasteiger partial charge in [0.05, 0.1) is 5.56 Å². The number of nitrogens with two attached hydrogens (primary N) is 1. The lowest BCUT2D eigenvalue weighted by Crippen LogP contribution is -2.43. The second-order valence-electron chi connectivity index (χ2n) is 5.62. The molecule has 106 valence electrons. The van der Waals surface area contributed by atoms with Crippen molar-refractivity contribution in [2.24, 2.45) is 11.3 Å². The van der Waals surface area contributed by atoms with E-state index < -0.39 is 5.82 Å². The number of anilines is 1. The molecular weight excluding hydrogens is 247 g/mol. The number of aromatic nitrogens is 1. The molecule has 0 fully saturated rings. The van der Waals surface area contributed by atoms with Gasteiger partial charge in [0, 0.05) is 19.3 Å². The standard InChI is InChI=1S/C13H21FN4O/c1-8(13(2,3)4)18(5)12(19)9-6-7-16-11(17-15)10(9)14/h6-8H,15H2,1-5H3,(H,16,17). The molecule has 0 spiro atoms. The molecule has 0 aliphatic heterocycles. The van der Waals surface area contributed by atoms with Crippen molar-refractivity contribution in [2.45, 2.75) is 33.7 Å². The molecule has 19 heavy (non-hydrogen) atoms. The van der Waals surface area contributed by atoms with Gasteiger partial charge in [-0.3, -0.25) is 4.79 Å². The van der Waals surface area contributed by atoms with Crippen molar-refractivity contribution >= 4 is 11.7 Å². The van der Waals surface area contributed by atoms with Gasteiger partial charge in [-0.25, -0.2) is 15.2 Å². The molecule has 6 heteroatoms. The van der Waals surface area contributed by atoms with E-state index in [1.54, 1.807) is 7.05 Å². The quantitative estimate of drug-likeness (QED) is 0.650. The van der Waals surface area contributed by atoms with E-state index in [-0.39, 0.29) is 28.7 Å². The number of carbonyl (C=O) groups is 1. The van der Waals surface area contributed by atoms with Gasteiger partial charge in [0.1, 0.15) is 0 Å². The van der Waals surface area contributed by atoms with Crippen LogP contribution in [0, 0.1) is 11.2 Å². The maximum Gasteiger partial charge on any atom is 0.257 e. The van der Waals surface area contributed by atoms with E-state index in [1.807, 2.05) is 27.7 Å². The number of rotatable bonds is 3. The number of carbonyl (C=O) groups excluding carboxylic acids is 1. The second-order valence-corrected chi connectivity index (χ2v) is 5.62. The molecule has 0 bridgehead atoms. The van der Waals surface area contributed by atoms with Gasteiger partial charge in [-0.15, -0.1) is 0 Å². The van der Waals surface area contributed by atoms with Crippen molar-refractivity contribution in [1.29, 1.82) is 0 Å². The number of hydrazine groups is 1. The van der Waals surface area contributed by atoms with E-state index in [1.165, 1.54) is 17.2 Å². The summed E-state index contributed by atoms with van der Waals surface area (Å²) in [6.45, 7) is 8.00. The predicted octanol–water partition coefficient (Wildman–Crippen LogP) is 2.01. The molecule has 0 aromatic carbocycles. The molecule has 1 amide bonds. The van der Waals surface area contributed by atoms with Gasteiger partial charge in [0.15, 0.2) is 11.6 Å². The molecular formula is C13H21FN4O. The molecule has 1 atom stereocenters. The lowest BCUT2D eigenvalue weighted by atomic mass is 9.87. The summed E-state index contributed by atoms with van der Waals surface area (Å²) in [5, 5.41) is 0. The maximum absolute atomic E-state index is 14.0. The van der Waals surface area contributed by atoms with Gasteiger partial charge in [-0.2, -0.15) is 0 Å². The summed E-state index contributed by atoms with van der Waals surface area (Å²) in [5.41, 5.74) is 2.00. The van der Waals surface area contributed by atoms with E-state index in [0.29, 0.717) is 0 Å². The number of nitrogens with zero attached hydrogens (tertiary/aromatic N) is 2. The Morgan fingerprint density at radius 3 is 2.58 bits per heavy atom. The Hall–Kier alpha value is -1.69. The van der Waals surface area contributed by atoms with Crippen LogP contribution in [0.5, 0.6) is 0 Å². The van der Waals surface area contributed by atoms with E-state index >= 15 is 0 Å². The molecule has 1 heterocycles. The van der Waals surface area contributed by atoms with Crippen LogP contribution < -0.4 is 11.3 Å². The van der Waals surface area contributed by atoms with E-state index in [9.17, 15) is 9.18 Å². The molecule has 0 aliphatic carbocycles. The summed E-state index contributed by atoms with van der Waals surface area (Å²) < 4.78 is 14.0. The zero-order valence-electron chi connectivity index (χ0n) is 12.0. The van der Waals surface area contributed by atoms with Crippen LogP contribution in [-0.4, -0.2) is 28.9 Å². The number of hydrogen-bond donors (Lipinski definition) is 2. The fourth-order valence-corrected chi connectivity index (χ4v) is 1.66. The minimum atomic E-state index is -0.733. The van der Waals surface area contributed by atoms with Crippen molar-refractivity contribution in [3.8, 4) is 0 Å².